The predicted molar refractivity (Wildman–Crippen MR) is 102 cm³/mol. The van der Waals surface area contributed by atoms with E-state index in [0.717, 1.165) is 11.3 Å². The van der Waals surface area contributed by atoms with Crippen LogP contribution in [0.25, 0.3) is 11.4 Å². The molecule has 0 atom stereocenters. The smallest absolute Gasteiger partial charge is 0.217 e. The maximum Gasteiger partial charge on any atom is 0.217 e. The number of benzene rings is 2. The maximum atomic E-state index is 13.9. The minimum absolute atomic E-state index is 0.323. The van der Waals surface area contributed by atoms with E-state index in [2.05, 4.69) is 10.1 Å². The SMILES string of the molecule is COc1ccc(-c2nc(=S)n(CN(C)Cc3c(F)cccc3Cl)[nH]2)cc1. The Morgan fingerprint density at radius 2 is 2.00 bits per heavy atom. The fraction of sp³-hybridized carbons (Fsp3) is 0.222. The highest BCUT2D eigenvalue weighted by Gasteiger charge is 2.12. The zero-order valence-electron chi connectivity index (χ0n) is 14.4. The molecular formula is C18H18ClFN4OS. The van der Waals surface area contributed by atoms with Crippen molar-refractivity contribution in [1.82, 2.24) is 19.7 Å². The summed E-state index contributed by atoms with van der Waals surface area (Å²) in [6.45, 7) is 0.775. The Kier molecular flexibility index (Phi) is 5.70. The molecule has 3 aromatic rings. The summed E-state index contributed by atoms with van der Waals surface area (Å²) in [5.41, 5.74) is 1.36. The third-order valence-electron chi connectivity index (χ3n) is 3.92. The zero-order valence-corrected chi connectivity index (χ0v) is 15.9. The first-order valence-electron chi connectivity index (χ1n) is 7.90. The molecule has 0 saturated carbocycles. The summed E-state index contributed by atoms with van der Waals surface area (Å²) in [5.74, 6) is 1.11. The number of halogens is 2. The molecule has 0 aliphatic carbocycles. The topological polar surface area (TPSA) is 46.1 Å². The second kappa shape index (κ2) is 7.99. The molecule has 0 spiro atoms. The van der Waals surface area contributed by atoms with Crippen molar-refractivity contribution < 1.29 is 9.13 Å². The maximum absolute atomic E-state index is 13.9. The first kappa shape index (κ1) is 18.6. The largest absolute Gasteiger partial charge is 0.497 e. The molecule has 1 N–H and O–H groups in total. The molecular weight excluding hydrogens is 375 g/mol. The summed E-state index contributed by atoms with van der Waals surface area (Å²) >= 11 is 11.4. The number of hydrogen-bond donors (Lipinski definition) is 1. The van der Waals surface area contributed by atoms with Crippen LogP contribution in [0.1, 0.15) is 5.56 Å². The molecule has 26 heavy (non-hydrogen) atoms. The van der Waals surface area contributed by atoms with Gasteiger partial charge in [-0.3, -0.25) is 10.00 Å². The van der Waals surface area contributed by atoms with E-state index in [1.807, 2.05) is 36.2 Å². The average Bonchev–Trinajstić information content (AvgIpc) is 2.99. The monoisotopic (exact) mass is 392 g/mol. The number of nitrogens with one attached hydrogen (secondary N) is 1. The second-order valence-corrected chi connectivity index (χ2v) is 6.64. The van der Waals surface area contributed by atoms with E-state index in [1.165, 1.54) is 6.07 Å². The van der Waals surface area contributed by atoms with Crippen LogP contribution in [0.15, 0.2) is 42.5 Å². The zero-order chi connectivity index (χ0) is 18.7. The highest BCUT2D eigenvalue weighted by molar-refractivity contribution is 7.71. The second-order valence-electron chi connectivity index (χ2n) is 5.87. The molecule has 0 unspecified atom stereocenters. The Morgan fingerprint density at radius 3 is 2.65 bits per heavy atom. The normalized spacial score (nSPS) is 11.1. The summed E-state index contributed by atoms with van der Waals surface area (Å²) in [6, 6.07) is 12.2. The van der Waals surface area contributed by atoms with Gasteiger partial charge in [0, 0.05) is 22.7 Å². The van der Waals surface area contributed by atoms with Gasteiger partial charge in [-0.15, -0.1) is 0 Å². The van der Waals surface area contributed by atoms with Gasteiger partial charge in [-0.25, -0.2) is 9.07 Å². The number of methoxy groups -OCH3 is 1. The molecule has 8 heteroatoms. The molecule has 0 aliphatic heterocycles. The third kappa shape index (κ3) is 4.12. The Morgan fingerprint density at radius 1 is 1.27 bits per heavy atom. The van der Waals surface area contributed by atoms with Crippen LogP contribution in [0.4, 0.5) is 4.39 Å². The molecule has 0 radical (unpaired) electrons. The minimum atomic E-state index is -0.323. The van der Waals surface area contributed by atoms with Crippen molar-refractivity contribution in [3.8, 4) is 17.1 Å². The highest BCUT2D eigenvalue weighted by Crippen LogP contribution is 2.21. The van der Waals surface area contributed by atoms with E-state index in [1.54, 1.807) is 23.9 Å². The van der Waals surface area contributed by atoms with Gasteiger partial charge >= 0.3 is 0 Å². The van der Waals surface area contributed by atoms with Crippen LogP contribution in [0.3, 0.4) is 0 Å². The van der Waals surface area contributed by atoms with Crippen LogP contribution in [-0.4, -0.2) is 33.8 Å². The molecule has 5 nitrogen and oxygen atoms in total. The molecule has 0 bridgehead atoms. The van der Waals surface area contributed by atoms with Gasteiger partial charge in [0.1, 0.15) is 11.6 Å². The number of aromatic nitrogens is 3. The number of hydrogen-bond acceptors (Lipinski definition) is 4. The summed E-state index contributed by atoms with van der Waals surface area (Å²) in [4.78, 5) is 6.29. The highest BCUT2D eigenvalue weighted by atomic mass is 35.5. The molecule has 0 amide bonds. The first-order valence-corrected chi connectivity index (χ1v) is 8.69. The van der Waals surface area contributed by atoms with Gasteiger partial charge < -0.3 is 4.74 Å². The summed E-state index contributed by atoms with van der Waals surface area (Å²) in [7, 11) is 3.48. The molecule has 0 fully saturated rings. The van der Waals surface area contributed by atoms with Crippen LogP contribution in [0.2, 0.25) is 5.02 Å². The van der Waals surface area contributed by atoms with Crippen molar-refractivity contribution in [2.24, 2.45) is 0 Å². The number of H-pyrrole nitrogens is 1. The Bertz CT molecular complexity index is 934. The third-order valence-corrected chi connectivity index (χ3v) is 4.58. The quantitative estimate of drug-likeness (QED) is 0.627. The van der Waals surface area contributed by atoms with Crippen molar-refractivity contribution in [2.75, 3.05) is 14.2 Å². The molecule has 2 aromatic carbocycles. The fourth-order valence-electron chi connectivity index (χ4n) is 2.58. The van der Waals surface area contributed by atoms with Gasteiger partial charge in [0.2, 0.25) is 4.77 Å². The van der Waals surface area contributed by atoms with Crippen molar-refractivity contribution in [1.29, 1.82) is 0 Å². The van der Waals surface area contributed by atoms with Crippen LogP contribution >= 0.6 is 23.8 Å². The van der Waals surface area contributed by atoms with Gasteiger partial charge in [-0.1, -0.05) is 17.7 Å². The fourth-order valence-corrected chi connectivity index (χ4v) is 2.99. The van der Waals surface area contributed by atoms with Crippen LogP contribution in [0.5, 0.6) is 5.75 Å². The van der Waals surface area contributed by atoms with E-state index < -0.39 is 0 Å². The van der Waals surface area contributed by atoms with Crippen molar-refractivity contribution in [3.05, 3.63) is 63.6 Å². The van der Waals surface area contributed by atoms with Crippen molar-refractivity contribution >= 4 is 23.8 Å². The van der Waals surface area contributed by atoms with Gasteiger partial charge in [-0.2, -0.15) is 4.98 Å². The van der Waals surface area contributed by atoms with E-state index in [-0.39, 0.29) is 5.82 Å². The lowest BCUT2D eigenvalue weighted by Gasteiger charge is -2.18. The van der Waals surface area contributed by atoms with Crippen LogP contribution in [-0.2, 0) is 13.2 Å². The Balaban J connectivity index is 1.75. The van der Waals surface area contributed by atoms with Gasteiger partial charge in [0.05, 0.1) is 13.8 Å². The lowest BCUT2D eigenvalue weighted by Crippen LogP contribution is -2.23. The van der Waals surface area contributed by atoms with E-state index in [0.29, 0.717) is 34.4 Å². The Hall–Kier alpha value is -2.22. The molecule has 1 aromatic heterocycles. The summed E-state index contributed by atoms with van der Waals surface area (Å²) in [6.07, 6.45) is 0. The van der Waals surface area contributed by atoms with Gasteiger partial charge in [0.15, 0.2) is 5.82 Å². The van der Waals surface area contributed by atoms with Crippen molar-refractivity contribution in [3.63, 3.8) is 0 Å². The lowest BCUT2D eigenvalue weighted by molar-refractivity contribution is 0.241. The van der Waals surface area contributed by atoms with E-state index >= 15 is 0 Å². The summed E-state index contributed by atoms with van der Waals surface area (Å²) in [5, 5.41) is 3.58. The number of rotatable bonds is 6. The minimum Gasteiger partial charge on any atom is -0.497 e. The van der Waals surface area contributed by atoms with Crippen molar-refractivity contribution in [2.45, 2.75) is 13.2 Å². The number of aromatic amines is 1. The average molecular weight is 393 g/mol. The predicted octanol–water partition coefficient (Wildman–Crippen LogP) is 4.50. The summed E-state index contributed by atoms with van der Waals surface area (Å²) < 4.78 is 21.2. The lowest BCUT2D eigenvalue weighted by atomic mass is 10.2. The van der Waals surface area contributed by atoms with E-state index in [9.17, 15) is 4.39 Å². The van der Waals surface area contributed by atoms with Crippen LogP contribution < -0.4 is 4.74 Å². The standard InChI is InChI=1S/C18H18ClFN4OS/c1-23(10-14-15(19)4-3-5-16(14)20)11-24-18(26)21-17(22-24)12-6-8-13(25-2)9-7-12/h3-9H,10-11H2,1-2H3,(H,21,22,26). The molecule has 1 heterocycles. The van der Waals surface area contributed by atoms with Gasteiger partial charge in [-0.05, 0) is 55.7 Å². The van der Waals surface area contributed by atoms with Crippen LogP contribution in [0, 0.1) is 10.6 Å². The number of ether oxygens (including phenoxy) is 1. The number of nitrogens with zero attached hydrogens (tertiary/aromatic N) is 3. The molecule has 0 saturated heterocycles. The van der Waals surface area contributed by atoms with E-state index in [4.69, 9.17) is 28.6 Å². The van der Waals surface area contributed by atoms with Gasteiger partial charge in [0.25, 0.3) is 0 Å². The first-order chi connectivity index (χ1) is 12.5. The Labute approximate surface area is 161 Å². The molecule has 3 rings (SSSR count). The molecule has 0 aliphatic rings. The molecule has 136 valence electrons.